The number of benzene rings is 1. The van der Waals surface area contributed by atoms with Crippen LogP contribution in [0.2, 0.25) is 0 Å². The fraction of sp³-hybridized carbons (Fsp3) is 0.647. The fourth-order valence-electron chi connectivity index (χ4n) is 3.15. The molecular weight excluding hydrogens is 236 g/mol. The van der Waals surface area contributed by atoms with E-state index in [1.807, 2.05) is 24.3 Å². The molecule has 0 amide bonds. The van der Waals surface area contributed by atoms with Crippen molar-refractivity contribution in [2.24, 2.45) is 5.92 Å². The molecule has 0 heterocycles. The molecule has 0 aromatic heterocycles. The van der Waals surface area contributed by atoms with Gasteiger partial charge in [-0.15, -0.1) is 0 Å². The topological polar surface area (TPSA) is 29.5 Å². The van der Waals surface area contributed by atoms with Gasteiger partial charge in [0.05, 0.1) is 12.2 Å². The maximum atomic E-state index is 11.0. The van der Waals surface area contributed by atoms with Crippen molar-refractivity contribution >= 4 is 0 Å². The third kappa shape index (κ3) is 3.30. The van der Waals surface area contributed by atoms with E-state index in [0.29, 0.717) is 12.5 Å². The van der Waals surface area contributed by atoms with Crippen LogP contribution in [0.15, 0.2) is 24.3 Å². The number of rotatable bonds is 5. The summed E-state index contributed by atoms with van der Waals surface area (Å²) in [6, 6.07) is 8.00. The van der Waals surface area contributed by atoms with Gasteiger partial charge in [-0.3, -0.25) is 0 Å². The lowest BCUT2D eigenvalue weighted by atomic mass is 9.73. The Labute approximate surface area is 116 Å². The zero-order chi connectivity index (χ0) is 13.7. The molecule has 0 aliphatic heterocycles. The van der Waals surface area contributed by atoms with Crippen molar-refractivity contribution in [1.29, 1.82) is 0 Å². The van der Waals surface area contributed by atoms with E-state index in [1.54, 1.807) is 0 Å². The summed E-state index contributed by atoms with van der Waals surface area (Å²) < 4.78 is 5.81. The molecule has 1 N–H and O–H groups in total. The molecule has 1 aliphatic carbocycles. The summed E-state index contributed by atoms with van der Waals surface area (Å²) >= 11 is 0. The lowest BCUT2D eigenvalue weighted by molar-refractivity contribution is -0.0237. The van der Waals surface area contributed by atoms with Crippen molar-refractivity contribution in [2.45, 2.75) is 58.0 Å². The highest BCUT2D eigenvalue weighted by Gasteiger charge is 2.37. The predicted molar refractivity (Wildman–Crippen MR) is 78.4 cm³/mol. The Morgan fingerprint density at radius 3 is 2.84 bits per heavy atom. The van der Waals surface area contributed by atoms with Crippen LogP contribution in [0, 0.1) is 5.92 Å². The Kier molecular flexibility index (Phi) is 4.87. The Morgan fingerprint density at radius 1 is 1.32 bits per heavy atom. The average molecular weight is 262 g/mol. The normalized spacial score (nSPS) is 27.2. The van der Waals surface area contributed by atoms with E-state index in [0.717, 1.165) is 43.4 Å². The van der Waals surface area contributed by atoms with Crippen LogP contribution in [0.1, 0.15) is 57.9 Å². The van der Waals surface area contributed by atoms with Gasteiger partial charge in [-0.05, 0) is 37.7 Å². The molecule has 2 atom stereocenters. The second kappa shape index (κ2) is 6.42. The number of hydrogen-bond acceptors (Lipinski definition) is 2. The molecule has 106 valence electrons. The van der Waals surface area contributed by atoms with Crippen LogP contribution >= 0.6 is 0 Å². The molecule has 1 saturated carbocycles. The van der Waals surface area contributed by atoms with Crippen LogP contribution < -0.4 is 4.74 Å². The monoisotopic (exact) mass is 262 g/mol. The second-order valence-corrected chi connectivity index (χ2v) is 5.75. The minimum absolute atomic E-state index is 0.637. The third-order valence-electron chi connectivity index (χ3n) is 4.26. The molecule has 19 heavy (non-hydrogen) atoms. The standard InChI is InChI=1S/C17H26O2/c1-3-12-19-16-10-6-5-9-15(16)17(18)11-7-8-14(4-2)13-17/h5-6,9-10,14,18H,3-4,7-8,11-13H2,1-2H3. The molecule has 1 aliphatic rings. The molecule has 1 aromatic rings. The summed E-state index contributed by atoms with van der Waals surface area (Å²) in [5.74, 6) is 1.50. The van der Waals surface area contributed by atoms with Crippen molar-refractivity contribution in [1.82, 2.24) is 0 Å². The Balaban J connectivity index is 2.23. The first kappa shape index (κ1) is 14.4. The van der Waals surface area contributed by atoms with Gasteiger partial charge in [-0.25, -0.2) is 0 Å². The molecular formula is C17H26O2. The molecule has 0 spiro atoms. The van der Waals surface area contributed by atoms with Gasteiger partial charge in [0.1, 0.15) is 5.75 Å². The Hall–Kier alpha value is -1.02. The fourth-order valence-corrected chi connectivity index (χ4v) is 3.15. The Bertz CT molecular complexity index is 402. The van der Waals surface area contributed by atoms with Crippen molar-refractivity contribution in [3.05, 3.63) is 29.8 Å². The van der Waals surface area contributed by atoms with Crippen LogP contribution in [0.25, 0.3) is 0 Å². The minimum atomic E-state index is -0.691. The summed E-state index contributed by atoms with van der Waals surface area (Å²) in [6.45, 7) is 5.03. The maximum Gasteiger partial charge on any atom is 0.125 e. The van der Waals surface area contributed by atoms with E-state index in [2.05, 4.69) is 13.8 Å². The van der Waals surface area contributed by atoms with E-state index in [9.17, 15) is 5.11 Å². The first-order valence-corrected chi connectivity index (χ1v) is 7.64. The smallest absolute Gasteiger partial charge is 0.125 e. The summed E-state index contributed by atoms with van der Waals surface area (Å²) in [5.41, 5.74) is 0.296. The van der Waals surface area contributed by atoms with Crippen LogP contribution in [0.5, 0.6) is 5.75 Å². The van der Waals surface area contributed by atoms with Gasteiger partial charge in [0, 0.05) is 5.56 Å². The largest absolute Gasteiger partial charge is 0.493 e. The lowest BCUT2D eigenvalue weighted by Gasteiger charge is -2.37. The first-order chi connectivity index (χ1) is 9.19. The summed E-state index contributed by atoms with van der Waals surface area (Å²) in [7, 11) is 0. The molecule has 0 saturated heterocycles. The highest BCUT2D eigenvalue weighted by Crippen LogP contribution is 2.44. The zero-order valence-corrected chi connectivity index (χ0v) is 12.2. The second-order valence-electron chi connectivity index (χ2n) is 5.75. The Morgan fingerprint density at radius 2 is 2.11 bits per heavy atom. The summed E-state index contributed by atoms with van der Waals surface area (Å²) in [4.78, 5) is 0. The van der Waals surface area contributed by atoms with Gasteiger partial charge < -0.3 is 9.84 Å². The van der Waals surface area contributed by atoms with Crippen LogP contribution in [0.3, 0.4) is 0 Å². The molecule has 2 unspecified atom stereocenters. The van der Waals surface area contributed by atoms with E-state index in [1.165, 1.54) is 6.42 Å². The van der Waals surface area contributed by atoms with Gasteiger partial charge in [-0.2, -0.15) is 0 Å². The number of para-hydroxylation sites is 1. The summed E-state index contributed by atoms with van der Waals surface area (Å²) in [6.07, 6.45) is 6.23. The van der Waals surface area contributed by atoms with Crippen LogP contribution in [0.4, 0.5) is 0 Å². The highest BCUT2D eigenvalue weighted by molar-refractivity contribution is 5.38. The number of ether oxygens (including phenoxy) is 1. The van der Waals surface area contributed by atoms with E-state index < -0.39 is 5.60 Å². The van der Waals surface area contributed by atoms with Crippen molar-refractivity contribution < 1.29 is 9.84 Å². The molecule has 0 radical (unpaired) electrons. The third-order valence-corrected chi connectivity index (χ3v) is 4.26. The van der Waals surface area contributed by atoms with E-state index in [-0.39, 0.29) is 0 Å². The van der Waals surface area contributed by atoms with Crippen LogP contribution in [-0.4, -0.2) is 11.7 Å². The van der Waals surface area contributed by atoms with Gasteiger partial charge in [0.2, 0.25) is 0 Å². The maximum absolute atomic E-state index is 11.0. The van der Waals surface area contributed by atoms with Crippen molar-refractivity contribution in [3.63, 3.8) is 0 Å². The van der Waals surface area contributed by atoms with E-state index in [4.69, 9.17) is 4.74 Å². The molecule has 0 bridgehead atoms. The molecule has 2 heteroatoms. The molecule has 1 aromatic carbocycles. The minimum Gasteiger partial charge on any atom is -0.493 e. The van der Waals surface area contributed by atoms with E-state index >= 15 is 0 Å². The average Bonchev–Trinajstić information content (AvgIpc) is 2.45. The van der Waals surface area contributed by atoms with Gasteiger partial charge >= 0.3 is 0 Å². The summed E-state index contributed by atoms with van der Waals surface area (Å²) in [5, 5.41) is 11.0. The van der Waals surface area contributed by atoms with Gasteiger partial charge in [0.25, 0.3) is 0 Å². The number of hydrogen-bond donors (Lipinski definition) is 1. The molecule has 1 fully saturated rings. The lowest BCUT2D eigenvalue weighted by Crippen LogP contribution is -2.33. The van der Waals surface area contributed by atoms with Crippen LogP contribution in [-0.2, 0) is 5.60 Å². The van der Waals surface area contributed by atoms with Crippen molar-refractivity contribution in [2.75, 3.05) is 6.61 Å². The van der Waals surface area contributed by atoms with Gasteiger partial charge in [0.15, 0.2) is 0 Å². The molecule has 2 nitrogen and oxygen atoms in total. The van der Waals surface area contributed by atoms with Gasteiger partial charge in [-0.1, -0.05) is 44.9 Å². The SMILES string of the molecule is CCCOc1ccccc1C1(O)CCCC(CC)C1. The zero-order valence-electron chi connectivity index (χ0n) is 12.2. The molecule has 2 rings (SSSR count). The predicted octanol–water partition coefficient (Wildman–Crippen LogP) is 4.26. The highest BCUT2D eigenvalue weighted by atomic mass is 16.5. The first-order valence-electron chi connectivity index (χ1n) is 7.64. The number of aliphatic hydroxyl groups is 1. The quantitative estimate of drug-likeness (QED) is 0.859. The van der Waals surface area contributed by atoms with Crippen molar-refractivity contribution in [3.8, 4) is 5.75 Å².